The van der Waals surface area contributed by atoms with E-state index in [4.69, 9.17) is 0 Å². The maximum Gasteiger partial charge on any atom is 0.251 e. The number of nitrogens with one attached hydrogen (secondary N) is 1. The van der Waals surface area contributed by atoms with Gasteiger partial charge in [-0.15, -0.1) is 11.3 Å². The van der Waals surface area contributed by atoms with E-state index in [0.717, 1.165) is 21.0 Å². The summed E-state index contributed by atoms with van der Waals surface area (Å²) >= 11 is 4.99. The lowest BCUT2D eigenvalue weighted by atomic mass is 10.1. The zero-order valence-corrected chi connectivity index (χ0v) is 12.3. The second-order valence-corrected chi connectivity index (χ2v) is 5.70. The molecular formula is C13H13BrN2OS. The monoisotopic (exact) mass is 324 g/mol. The summed E-state index contributed by atoms with van der Waals surface area (Å²) in [5.74, 6) is -0.0453. The molecule has 0 radical (unpaired) electrons. The van der Waals surface area contributed by atoms with Gasteiger partial charge in [0.1, 0.15) is 0 Å². The maximum absolute atomic E-state index is 12.1. The molecule has 0 aliphatic carbocycles. The van der Waals surface area contributed by atoms with E-state index in [0.29, 0.717) is 11.9 Å². The average molecular weight is 325 g/mol. The van der Waals surface area contributed by atoms with Crippen molar-refractivity contribution in [1.82, 2.24) is 10.3 Å². The molecule has 1 amide bonds. The van der Waals surface area contributed by atoms with Gasteiger partial charge in [0.05, 0.1) is 11.6 Å². The van der Waals surface area contributed by atoms with Crippen molar-refractivity contribution in [2.75, 3.05) is 0 Å². The zero-order valence-electron chi connectivity index (χ0n) is 9.94. The van der Waals surface area contributed by atoms with Gasteiger partial charge in [0.2, 0.25) is 0 Å². The summed E-state index contributed by atoms with van der Waals surface area (Å²) in [6, 6.07) is 7.59. The topological polar surface area (TPSA) is 42.0 Å². The van der Waals surface area contributed by atoms with Crippen molar-refractivity contribution in [3.8, 4) is 0 Å². The fourth-order valence-electron chi connectivity index (χ4n) is 1.61. The number of carbonyl (C=O) groups excluding carboxylic acids is 1. The molecule has 1 aromatic carbocycles. The van der Waals surface area contributed by atoms with Gasteiger partial charge < -0.3 is 5.32 Å². The van der Waals surface area contributed by atoms with Crippen LogP contribution in [-0.2, 0) is 11.9 Å². The molecule has 1 aromatic heterocycles. The van der Waals surface area contributed by atoms with E-state index >= 15 is 0 Å². The van der Waals surface area contributed by atoms with Gasteiger partial charge in [-0.2, -0.15) is 0 Å². The molecule has 18 heavy (non-hydrogen) atoms. The molecule has 2 aromatic rings. The van der Waals surface area contributed by atoms with E-state index in [1.54, 1.807) is 17.5 Å². The van der Waals surface area contributed by atoms with E-state index in [1.165, 1.54) is 0 Å². The fourth-order valence-corrected chi connectivity index (χ4v) is 2.83. The Morgan fingerprint density at radius 1 is 1.44 bits per heavy atom. The third kappa shape index (κ3) is 3.17. The van der Waals surface area contributed by atoms with Gasteiger partial charge in [0.25, 0.3) is 5.91 Å². The lowest BCUT2D eigenvalue weighted by Gasteiger charge is -2.07. The highest BCUT2D eigenvalue weighted by molar-refractivity contribution is 9.08. The average Bonchev–Trinajstić information content (AvgIpc) is 2.81. The summed E-state index contributed by atoms with van der Waals surface area (Å²) in [4.78, 5) is 17.3. The van der Waals surface area contributed by atoms with Gasteiger partial charge in [-0.1, -0.05) is 34.1 Å². The van der Waals surface area contributed by atoms with Crippen molar-refractivity contribution in [1.29, 1.82) is 0 Å². The van der Waals surface area contributed by atoms with Crippen molar-refractivity contribution in [2.24, 2.45) is 0 Å². The van der Waals surface area contributed by atoms with Crippen molar-refractivity contribution in [3.63, 3.8) is 0 Å². The number of halogens is 1. The van der Waals surface area contributed by atoms with E-state index in [-0.39, 0.29) is 5.91 Å². The molecule has 1 N–H and O–H groups in total. The standard InChI is InChI=1S/C13H13BrN2OS/c1-9-15-7-11(18-9)8-16-13(17)12-5-3-2-4-10(12)6-14/h2-5,7H,6,8H2,1H3,(H,16,17). The summed E-state index contributed by atoms with van der Waals surface area (Å²) in [5.41, 5.74) is 1.71. The molecule has 0 fully saturated rings. The van der Waals surface area contributed by atoms with Gasteiger partial charge in [0, 0.05) is 22.0 Å². The number of aromatic nitrogens is 1. The Morgan fingerprint density at radius 3 is 2.89 bits per heavy atom. The molecule has 0 spiro atoms. The predicted octanol–water partition coefficient (Wildman–Crippen LogP) is 3.28. The lowest BCUT2D eigenvalue weighted by Crippen LogP contribution is -2.23. The zero-order chi connectivity index (χ0) is 13.0. The third-order valence-corrected chi connectivity index (χ3v) is 4.02. The first-order chi connectivity index (χ1) is 8.70. The Morgan fingerprint density at radius 2 is 2.22 bits per heavy atom. The van der Waals surface area contributed by atoms with Gasteiger partial charge in [-0.3, -0.25) is 4.79 Å². The highest BCUT2D eigenvalue weighted by atomic mass is 79.9. The van der Waals surface area contributed by atoms with E-state index in [2.05, 4.69) is 26.2 Å². The second-order valence-electron chi connectivity index (χ2n) is 3.82. The summed E-state index contributed by atoms with van der Waals surface area (Å²) in [6.45, 7) is 2.48. The first-order valence-electron chi connectivity index (χ1n) is 5.54. The molecule has 1 heterocycles. The van der Waals surface area contributed by atoms with Crippen molar-refractivity contribution >= 4 is 33.2 Å². The van der Waals surface area contributed by atoms with Crippen LogP contribution in [-0.4, -0.2) is 10.9 Å². The van der Waals surface area contributed by atoms with Gasteiger partial charge in [0.15, 0.2) is 0 Å². The van der Waals surface area contributed by atoms with Gasteiger partial charge in [-0.25, -0.2) is 4.98 Å². The van der Waals surface area contributed by atoms with E-state index < -0.39 is 0 Å². The number of benzene rings is 1. The van der Waals surface area contributed by atoms with Crippen LogP contribution in [0.5, 0.6) is 0 Å². The third-order valence-electron chi connectivity index (χ3n) is 2.50. The highest BCUT2D eigenvalue weighted by Crippen LogP contribution is 2.14. The van der Waals surface area contributed by atoms with Gasteiger partial charge >= 0.3 is 0 Å². The number of aryl methyl sites for hydroxylation is 1. The minimum absolute atomic E-state index is 0.0453. The molecule has 0 bridgehead atoms. The molecular weight excluding hydrogens is 312 g/mol. The molecule has 94 valence electrons. The number of hydrogen-bond acceptors (Lipinski definition) is 3. The summed E-state index contributed by atoms with van der Waals surface area (Å²) in [5, 5.41) is 4.60. The number of rotatable bonds is 4. The molecule has 0 saturated carbocycles. The Balaban J connectivity index is 2.03. The molecule has 3 nitrogen and oxygen atoms in total. The number of nitrogens with zero attached hydrogens (tertiary/aromatic N) is 1. The summed E-state index contributed by atoms with van der Waals surface area (Å²) in [6.07, 6.45) is 1.80. The maximum atomic E-state index is 12.1. The molecule has 0 saturated heterocycles. The molecule has 0 aliphatic heterocycles. The first kappa shape index (κ1) is 13.2. The van der Waals surface area contributed by atoms with Crippen molar-refractivity contribution < 1.29 is 4.79 Å². The normalized spacial score (nSPS) is 10.3. The van der Waals surface area contributed by atoms with Crippen LogP contribution in [0.1, 0.15) is 25.8 Å². The molecule has 0 unspecified atom stereocenters. The van der Waals surface area contributed by atoms with Crippen LogP contribution in [0.3, 0.4) is 0 Å². The molecule has 2 rings (SSSR count). The van der Waals surface area contributed by atoms with E-state index in [9.17, 15) is 4.79 Å². The lowest BCUT2D eigenvalue weighted by molar-refractivity contribution is 0.0950. The van der Waals surface area contributed by atoms with Crippen LogP contribution < -0.4 is 5.32 Å². The quantitative estimate of drug-likeness (QED) is 0.877. The van der Waals surface area contributed by atoms with Crippen LogP contribution in [0.15, 0.2) is 30.5 Å². The number of amides is 1. The van der Waals surface area contributed by atoms with Crippen LogP contribution >= 0.6 is 27.3 Å². The van der Waals surface area contributed by atoms with Gasteiger partial charge in [-0.05, 0) is 18.6 Å². The number of thiazole rings is 1. The Bertz CT molecular complexity index is 553. The second kappa shape index (κ2) is 6.11. The molecule has 0 atom stereocenters. The Kier molecular flexibility index (Phi) is 4.49. The Hall–Kier alpha value is -1.20. The number of alkyl halides is 1. The largest absolute Gasteiger partial charge is 0.347 e. The summed E-state index contributed by atoms with van der Waals surface area (Å²) < 4.78 is 0. The first-order valence-corrected chi connectivity index (χ1v) is 7.48. The van der Waals surface area contributed by atoms with Crippen molar-refractivity contribution in [2.45, 2.75) is 18.8 Å². The van der Waals surface area contributed by atoms with Crippen LogP contribution in [0, 0.1) is 6.92 Å². The smallest absolute Gasteiger partial charge is 0.251 e. The van der Waals surface area contributed by atoms with Crippen LogP contribution in [0.2, 0.25) is 0 Å². The minimum atomic E-state index is -0.0453. The minimum Gasteiger partial charge on any atom is -0.347 e. The predicted molar refractivity (Wildman–Crippen MR) is 77.1 cm³/mol. The van der Waals surface area contributed by atoms with Crippen molar-refractivity contribution in [3.05, 3.63) is 51.5 Å². The SMILES string of the molecule is Cc1ncc(CNC(=O)c2ccccc2CBr)s1. The summed E-state index contributed by atoms with van der Waals surface area (Å²) in [7, 11) is 0. The highest BCUT2D eigenvalue weighted by Gasteiger charge is 2.10. The Labute approximate surface area is 118 Å². The molecule has 5 heteroatoms. The molecule has 0 aliphatic rings. The number of hydrogen-bond donors (Lipinski definition) is 1. The van der Waals surface area contributed by atoms with Crippen LogP contribution in [0.4, 0.5) is 0 Å². The van der Waals surface area contributed by atoms with E-state index in [1.807, 2.05) is 31.2 Å². The number of carbonyl (C=O) groups is 1. The fraction of sp³-hybridized carbons (Fsp3) is 0.231. The van der Waals surface area contributed by atoms with Crippen LogP contribution in [0.25, 0.3) is 0 Å².